The van der Waals surface area contributed by atoms with Gasteiger partial charge in [0.2, 0.25) is 0 Å². The lowest BCUT2D eigenvalue weighted by atomic mass is 9.87. The van der Waals surface area contributed by atoms with Gasteiger partial charge in [0, 0.05) is 10.6 Å². The molecular formula is C12H13IN2O2. The van der Waals surface area contributed by atoms with Crippen molar-refractivity contribution < 1.29 is 9.59 Å². The second-order valence-electron chi connectivity index (χ2n) is 4.06. The van der Waals surface area contributed by atoms with Gasteiger partial charge in [-0.15, -0.1) is 0 Å². The molecule has 1 fully saturated rings. The fourth-order valence-corrected chi connectivity index (χ4v) is 2.43. The number of likely N-dealkylation sites (N-methyl/N-ethyl adjacent to an activating group) is 1. The Kier molecular flexibility index (Phi) is 3.11. The van der Waals surface area contributed by atoms with E-state index in [1.165, 1.54) is 7.05 Å². The highest BCUT2D eigenvalue weighted by Crippen LogP contribution is 2.31. The van der Waals surface area contributed by atoms with Crippen LogP contribution in [-0.2, 0) is 10.3 Å². The van der Waals surface area contributed by atoms with Gasteiger partial charge in [0.1, 0.15) is 5.54 Å². The summed E-state index contributed by atoms with van der Waals surface area (Å²) in [5, 5.41) is 2.79. The van der Waals surface area contributed by atoms with Crippen molar-refractivity contribution in [3.63, 3.8) is 0 Å². The van der Waals surface area contributed by atoms with E-state index in [0.717, 1.165) is 14.0 Å². The van der Waals surface area contributed by atoms with Crippen molar-refractivity contribution in [3.8, 4) is 0 Å². The minimum absolute atomic E-state index is 0.189. The maximum atomic E-state index is 12.2. The highest BCUT2D eigenvalue weighted by atomic mass is 127. The molecule has 1 N–H and O–H groups in total. The van der Waals surface area contributed by atoms with Crippen LogP contribution in [0.15, 0.2) is 24.3 Å². The van der Waals surface area contributed by atoms with Gasteiger partial charge in [0.05, 0.1) is 0 Å². The molecule has 1 saturated heterocycles. The number of hydrogen-bond acceptors (Lipinski definition) is 2. The summed E-state index contributed by atoms with van der Waals surface area (Å²) in [6, 6.07) is 7.32. The van der Waals surface area contributed by atoms with Gasteiger partial charge in [0.25, 0.3) is 5.91 Å². The standard InChI is InChI=1S/C12H13IN2O2/c1-3-12(8-4-6-9(13)7-5-8)10(16)15(2)11(17)14-12/h4-7H,3H2,1-2H3,(H,14,17)/t12-/m0/s1. The molecule has 0 radical (unpaired) electrons. The van der Waals surface area contributed by atoms with Gasteiger partial charge in [-0.2, -0.15) is 0 Å². The number of halogens is 1. The van der Waals surface area contributed by atoms with E-state index in [0.29, 0.717) is 6.42 Å². The molecule has 17 heavy (non-hydrogen) atoms. The third-order valence-electron chi connectivity index (χ3n) is 3.16. The molecule has 1 heterocycles. The van der Waals surface area contributed by atoms with Gasteiger partial charge in [-0.1, -0.05) is 19.1 Å². The normalized spacial score (nSPS) is 24.1. The van der Waals surface area contributed by atoms with E-state index in [1.807, 2.05) is 31.2 Å². The molecule has 1 aromatic carbocycles. The second-order valence-corrected chi connectivity index (χ2v) is 5.31. The maximum absolute atomic E-state index is 12.2. The van der Waals surface area contributed by atoms with Gasteiger partial charge in [-0.05, 0) is 46.7 Å². The summed E-state index contributed by atoms with van der Waals surface area (Å²) in [6.45, 7) is 1.90. The summed E-state index contributed by atoms with van der Waals surface area (Å²) < 4.78 is 1.10. The van der Waals surface area contributed by atoms with Crippen LogP contribution in [0, 0.1) is 3.57 Å². The topological polar surface area (TPSA) is 49.4 Å². The van der Waals surface area contributed by atoms with Gasteiger partial charge < -0.3 is 5.32 Å². The molecule has 3 amide bonds. The van der Waals surface area contributed by atoms with Crippen molar-refractivity contribution in [3.05, 3.63) is 33.4 Å². The van der Waals surface area contributed by atoms with Crippen LogP contribution in [0.5, 0.6) is 0 Å². The predicted molar refractivity (Wildman–Crippen MR) is 72.4 cm³/mol. The van der Waals surface area contributed by atoms with Crippen molar-refractivity contribution in [2.24, 2.45) is 0 Å². The Morgan fingerprint density at radius 3 is 2.29 bits per heavy atom. The van der Waals surface area contributed by atoms with Crippen LogP contribution in [0.3, 0.4) is 0 Å². The van der Waals surface area contributed by atoms with Crippen LogP contribution < -0.4 is 5.32 Å². The molecule has 1 atom stereocenters. The molecule has 90 valence electrons. The van der Waals surface area contributed by atoms with Crippen LogP contribution in [0.1, 0.15) is 18.9 Å². The van der Waals surface area contributed by atoms with Crippen molar-refractivity contribution in [1.29, 1.82) is 0 Å². The Morgan fingerprint density at radius 2 is 1.88 bits per heavy atom. The zero-order chi connectivity index (χ0) is 12.6. The molecule has 0 aliphatic carbocycles. The predicted octanol–water partition coefficient (Wildman–Crippen LogP) is 2.08. The first-order chi connectivity index (χ1) is 8.01. The van der Waals surface area contributed by atoms with Gasteiger partial charge in [-0.3, -0.25) is 9.69 Å². The average Bonchev–Trinajstić information content (AvgIpc) is 2.55. The highest BCUT2D eigenvalue weighted by molar-refractivity contribution is 14.1. The van der Waals surface area contributed by atoms with Gasteiger partial charge in [0.15, 0.2) is 0 Å². The van der Waals surface area contributed by atoms with Crippen LogP contribution in [0.2, 0.25) is 0 Å². The lowest BCUT2D eigenvalue weighted by molar-refractivity contribution is -0.130. The van der Waals surface area contributed by atoms with E-state index in [2.05, 4.69) is 27.9 Å². The molecule has 1 aromatic rings. The van der Waals surface area contributed by atoms with E-state index in [4.69, 9.17) is 0 Å². The first-order valence-electron chi connectivity index (χ1n) is 5.37. The highest BCUT2D eigenvalue weighted by Gasteiger charge is 2.49. The van der Waals surface area contributed by atoms with Crippen LogP contribution in [0.4, 0.5) is 4.79 Å². The number of amides is 3. The zero-order valence-corrected chi connectivity index (χ0v) is 11.8. The Hall–Kier alpha value is -1.11. The summed E-state index contributed by atoms with van der Waals surface area (Å²) in [6.07, 6.45) is 0.544. The molecule has 1 aliphatic heterocycles. The largest absolute Gasteiger partial charge is 0.325 e. The molecule has 0 spiro atoms. The number of urea groups is 1. The number of nitrogens with one attached hydrogen (secondary N) is 1. The van der Waals surface area contributed by atoms with Crippen LogP contribution >= 0.6 is 22.6 Å². The minimum atomic E-state index is -0.893. The number of rotatable bonds is 2. The van der Waals surface area contributed by atoms with E-state index in [1.54, 1.807) is 0 Å². The summed E-state index contributed by atoms with van der Waals surface area (Å²) in [5.41, 5.74) is -0.0565. The smallest absolute Gasteiger partial charge is 0.319 e. The van der Waals surface area contributed by atoms with Gasteiger partial charge in [-0.25, -0.2) is 4.79 Å². The Labute approximate surface area is 114 Å². The monoisotopic (exact) mass is 344 g/mol. The molecule has 0 bridgehead atoms. The number of nitrogens with zero attached hydrogens (tertiary/aromatic N) is 1. The van der Waals surface area contributed by atoms with Crippen molar-refractivity contribution in [1.82, 2.24) is 10.2 Å². The number of benzene rings is 1. The van der Waals surface area contributed by atoms with Crippen LogP contribution in [-0.4, -0.2) is 23.9 Å². The van der Waals surface area contributed by atoms with Crippen molar-refractivity contribution >= 4 is 34.5 Å². The van der Waals surface area contributed by atoms with Gasteiger partial charge >= 0.3 is 6.03 Å². The maximum Gasteiger partial charge on any atom is 0.325 e. The van der Waals surface area contributed by atoms with E-state index >= 15 is 0 Å². The molecule has 0 aromatic heterocycles. The summed E-state index contributed by atoms with van der Waals surface area (Å²) in [5.74, 6) is -0.189. The molecule has 2 rings (SSSR count). The second kappa shape index (κ2) is 4.29. The summed E-state index contributed by atoms with van der Waals surface area (Å²) in [4.78, 5) is 24.9. The molecule has 5 heteroatoms. The quantitative estimate of drug-likeness (QED) is 0.660. The third kappa shape index (κ3) is 1.82. The Bertz CT molecular complexity index is 472. The number of imide groups is 1. The molecule has 4 nitrogen and oxygen atoms in total. The zero-order valence-electron chi connectivity index (χ0n) is 9.66. The number of carbonyl (C=O) groups excluding carboxylic acids is 2. The average molecular weight is 344 g/mol. The Morgan fingerprint density at radius 1 is 1.29 bits per heavy atom. The SMILES string of the molecule is CC[C@@]1(c2ccc(I)cc2)NC(=O)N(C)C1=O. The first kappa shape index (κ1) is 12.3. The van der Waals surface area contributed by atoms with Crippen LogP contribution in [0.25, 0.3) is 0 Å². The van der Waals surface area contributed by atoms with E-state index in [-0.39, 0.29) is 11.9 Å². The minimum Gasteiger partial charge on any atom is -0.319 e. The van der Waals surface area contributed by atoms with E-state index < -0.39 is 5.54 Å². The first-order valence-corrected chi connectivity index (χ1v) is 6.45. The van der Waals surface area contributed by atoms with Crippen molar-refractivity contribution in [2.45, 2.75) is 18.9 Å². The molecule has 0 saturated carbocycles. The number of carbonyl (C=O) groups is 2. The fourth-order valence-electron chi connectivity index (χ4n) is 2.07. The third-order valence-corrected chi connectivity index (χ3v) is 3.88. The fraction of sp³-hybridized carbons (Fsp3) is 0.333. The van der Waals surface area contributed by atoms with Crippen molar-refractivity contribution in [2.75, 3.05) is 7.05 Å². The Balaban J connectivity index is 2.49. The molecule has 0 unspecified atom stereocenters. The lowest BCUT2D eigenvalue weighted by Crippen LogP contribution is -2.43. The number of hydrogen-bond donors (Lipinski definition) is 1. The summed E-state index contributed by atoms with van der Waals surface area (Å²) in [7, 11) is 1.50. The lowest BCUT2D eigenvalue weighted by Gasteiger charge is -2.25. The molecular weight excluding hydrogens is 331 g/mol. The summed E-state index contributed by atoms with van der Waals surface area (Å²) >= 11 is 2.21. The molecule has 1 aliphatic rings. The van der Waals surface area contributed by atoms with E-state index in [9.17, 15) is 9.59 Å².